The highest BCUT2D eigenvalue weighted by Crippen LogP contribution is 2.09. The summed E-state index contributed by atoms with van der Waals surface area (Å²) in [5.41, 5.74) is 1.21. The highest BCUT2D eigenvalue weighted by molar-refractivity contribution is 5.95. The molecule has 0 saturated carbocycles. The van der Waals surface area contributed by atoms with Crippen molar-refractivity contribution in [2.75, 3.05) is 18.9 Å². The molecule has 3 amide bonds. The first-order valence-corrected chi connectivity index (χ1v) is 7.05. The summed E-state index contributed by atoms with van der Waals surface area (Å²) in [6.07, 6.45) is 0. The fourth-order valence-corrected chi connectivity index (χ4v) is 1.58. The fraction of sp³-hybridized carbons (Fsp3) is 0.467. The molecule has 1 aromatic carbocycles. The van der Waals surface area contributed by atoms with Crippen molar-refractivity contribution >= 4 is 30.0 Å². The van der Waals surface area contributed by atoms with Gasteiger partial charge in [0, 0.05) is 29.9 Å². The Labute approximate surface area is 137 Å². The first-order chi connectivity index (χ1) is 9.92. The van der Waals surface area contributed by atoms with Crippen LogP contribution in [0.3, 0.4) is 0 Å². The Morgan fingerprint density at radius 1 is 1.09 bits per heavy atom. The summed E-state index contributed by atoms with van der Waals surface area (Å²) >= 11 is 0. The van der Waals surface area contributed by atoms with E-state index in [2.05, 4.69) is 21.3 Å². The van der Waals surface area contributed by atoms with Crippen LogP contribution in [0.25, 0.3) is 0 Å². The second-order valence-corrected chi connectivity index (χ2v) is 5.23. The molecule has 0 aliphatic heterocycles. The van der Waals surface area contributed by atoms with Crippen molar-refractivity contribution in [3.63, 3.8) is 0 Å². The molecule has 6 nitrogen and oxygen atoms in total. The van der Waals surface area contributed by atoms with Crippen molar-refractivity contribution in [3.05, 3.63) is 29.8 Å². The topological polar surface area (TPSA) is 82.3 Å². The van der Waals surface area contributed by atoms with Crippen molar-refractivity contribution in [1.82, 2.24) is 16.0 Å². The standard InChI is InChI=1S/C15H24N4O2.ClH/c1-10(2)18-15(21)19-13-7-5-12(6-8-13)14(20)17-9-11(3)16-4;/h5-8,10-11,16H,9H2,1-4H3,(H,17,20)(H2,18,19,21);1H. The molecule has 0 radical (unpaired) electrons. The van der Waals surface area contributed by atoms with Gasteiger partial charge in [-0.1, -0.05) is 0 Å². The molecule has 22 heavy (non-hydrogen) atoms. The van der Waals surface area contributed by atoms with Gasteiger partial charge in [-0.25, -0.2) is 4.79 Å². The van der Waals surface area contributed by atoms with E-state index in [9.17, 15) is 9.59 Å². The van der Waals surface area contributed by atoms with Gasteiger partial charge < -0.3 is 21.3 Å². The quantitative estimate of drug-likeness (QED) is 0.644. The lowest BCUT2D eigenvalue weighted by Crippen LogP contribution is -2.37. The summed E-state index contributed by atoms with van der Waals surface area (Å²) in [6, 6.07) is 6.81. The van der Waals surface area contributed by atoms with E-state index >= 15 is 0 Å². The number of hydrogen-bond acceptors (Lipinski definition) is 3. The fourth-order valence-electron chi connectivity index (χ4n) is 1.58. The first kappa shape index (κ1) is 20.2. The average Bonchev–Trinajstić information content (AvgIpc) is 2.44. The third-order valence-corrected chi connectivity index (χ3v) is 2.89. The number of likely N-dealkylation sites (N-methyl/N-ethyl adjacent to an activating group) is 1. The van der Waals surface area contributed by atoms with Gasteiger partial charge in [-0.3, -0.25) is 4.79 Å². The van der Waals surface area contributed by atoms with Crippen LogP contribution in [-0.2, 0) is 0 Å². The minimum atomic E-state index is -0.259. The summed E-state index contributed by atoms with van der Waals surface area (Å²) in [5, 5.41) is 11.3. The largest absolute Gasteiger partial charge is 0.350 e. The number of hydrogen-bond donors (Lipinski definition) is 4. The molecule has 0 aromatic heterocycles. The van der Waals surface area contributed by atoms with Crippen molar-refractivity contribution in [3.8, 4) is 0 Å². The Morgan fingerprint density at radius 2 is 1.68 bits per heavy atom. The molecular weight excluding hydrogens is 304 g/mol. The van der Waals surface area contributed by atoms with E-state index in [1.54, 1.807) is 24.3 Å². The number of carbonyl (C=O) groups is 2. The highest BCUT2D eigenvalue weighted by Gasteiger charge is 2.08. The molecule has 4 N–H and O–H groups in total. The smallest absolute Gasteiger partial charge is 0.319 e. The number of nitrogens with one attached hydrogen (secondary N) is 4. The normalized spacial score (nSPS) is 11.3. The van der Waals surface area contributed by atoms with E-state index in [1.165, 1.54) is 0 Å². The minimum absolute atomic E-state index is 0. The van der Waals surface area contributed by atoms with Gasteiger partial charge >= 0.3 is 6.03 Å². The van der Waals surface area contributed by atoms with E-state index < -0.39 is 0 Å². The summed E-state index contributed by atoms with van der Waals surface area (Å²) in [5.74, 6) is -0.129. The van der Waals surface area contributed by atoms with Crippen LogP contribution in [0.5, 0.6) is 0 Å². The maximum atomic E-state index is 11.9. The average molecular weight is 329 g/mol. The van der Waals surface area contributed by atoms with E-state index in [0.29, 0.717) is 17.8 Å². The van der Waals surface area contributed by atoms with Crippen LogP contribution in [-0.4, -0.2) is 37.6 Å². The number of halogens is 1. The van der Waals surface area contributed by atoms with Gasteiger partial charge in [0.2, 0.25) is 0 Å². The Bertz CT molecular complexity index is 477. The van der Waals surface area contributed by atoms with Gasteiger partial charge in [-0.05, 0) is 52.1 Å². The number of benzene rings is 1. The molecule has 124 valence electrons. The summed E-state index contributed by atoms with van der Waals surface area (Å²) < 4.78 is 0. The maximum Gasteiger partial charge on any atom is 0.319 e. The Balaban J connectivity index is 0.00000441. The maximum absolute atomic E-state index is 11.9. The molecule has 1 rings (SSSR count). The highest BCUT2D eigenvalue weighted by atomic mass is 35.5. The van der Waals surface area contributed by atoms with Gasteiger partial charge in [0.25, 0.3) is 5.91 Å². The van der Waals surface area contributed by atoms with Gasteiger partial charge in [-0.15, -0.1) is 12.4 Å². The lowest BCUT2D eigenvalue weighted by molar-refractivity contribution is 0.0950. The van der Waals surface area contributed by atoms with Crippen molar-refractivity contribution in [2.45, 2.75) is 32.9 Å². The van der Waals surface area contributed by atoms with E-state index in [1.807, 2.05) is 27.8 Å². The molecule has 1 aromatic rings. The molecule has 1 atom stereocenters. The number of urea groups is 1. The molecular formula is C15H25ClN4O2. The van der Waals surface area contributed by atoms with Crippen LogP contribution in [0.15, 0.2) is 24.3 Å². The Morgan fingerprint density at radius 3 is 2.18 bits per heavy atom. The monoisotopic (exact) mass is 328 g/mol. The lowest BCUT2D eigenvalue weighted by Gasteiger charge is -2.12. The molecule has 1 unspecified atom stereocenters. The summed E-state index contributed by atoms with van der Waals surface area (Å²) in [7, 11) is 1.85. The van der Waals surface area contributed by atoms with Gasteiger partial charge in [0.05, 0.1) is 0 Å². The van der Waals surface area contributed by atoms with Crippen LogP contribution in [0.1, 0.15) is 31.1 Å². The van der Waals surface area contributed by atoms with Crippen LogP contribution in [0.2, 0.25) is 0 Å². The molecule has 0 aliphatic rings. The molecule has 0 fully saturated rings. The Hall–Kier alpha value is -1.79. The molecule has 0 heterocycles. The van der Waals surface area contributed by atoms with Crippen molar-refractivity contribution < 1.29 is 9.59 Å². The zero-order valence-corrected chi connectivity index (χ0v) is 14.2. The van der Waals surface area contributed by atoms with Crippen molar-refractivity contribution in [1.29, 1.82) is 0 Å². The predicted octanol–water partition coefficient (Wildman–Crippen LogP) is 1.98. The number of amides is 3. The minimum Gasteiger partial charge on any atom is -0.350 e. The first-order valence-electron chi connectivity index (χ1n) is 7.05. The third-order valence-electron chi connectivity index (χ3n) is 2.89. The van der Waals surface area contributed by atoms with Crippen LogP contribution < -0.4 is 21.3 Å². The lowest BCUT2D eigenvalue weighted by atomic mass is 10.2. The van der Waals surface area contributed by atoms with Gasteiger partial charge in [0.1, 0.15) is 0 Å². The van der Waals surface area contributed by atoms with Gasteiger partial charge in [-0.2, -0.15) is 0 Å². The van der Waals surface area contributed by atoms with Gasteiger partial charge in [0.15, 0.2) is 0 Å². The zero-order valence-electron chi connectivity index (χ0n) is 13.4. The molecule has 0 saturated heterocycles. The molecule has 7 heteroatoms. The third kappa shape index (κ3) is 7.28. The number of anilines is 1. The predicted molar refractivity (Wildman–Crippen MR) is 91.8 cm³/mol. The second-order valence-electron chi connectivity index (χ2n) is 5.23. The van der Waals surface area contributed by atoms with Crippen LogP contribution in [0, 0.1) is 0 Å². The summed E-state index contributed by atoms with van der Waals surface area (Å²) in [6.45, 7) is 6.32. The van der Waals surface area contributed by atoms with E-state index in [4.69, 9.17) is 0 Å². The van der Waals surface area contributed by atoms with Crippen LogP contribution >= 0.6 is 12.4 Å². The number of carbonyl (C=O) groups excluding carboxylic acids is 2. The molecule has 0 aliphatic carbocycles. The number of rotatable bonds is 6. The van der Waals surface area contributed by atoms with E-state index in [0.717, 1.165) is 0 Å². The zero-order chi connectivity index (χ0) is 15.8. The molecule has 0 spiro atoms. The van der Waals surface area contributed by atoms with Crippen molar-refractivity contribution in [2.24, 2.45) is 0 Å². The second kappa shape index (κ2) is 10.0. The SMILES string of the molecule is CNC(C)CNC(=O)c1ccc(NC(=O)NC(C)C)cc1.Cl. The van der Waals surface area contributed by atoms with Crippen LogP contribution in [0.4, 0.5) is 10.5 Å². The summed E-state index contributed by atoms with van der Waals surface area (Å²) in [4.78, 5) is 23.4. The molecule has 0 bridgehead atoms. The van der Waals surface area contributed by atoms with E-state index in [-0.39, 0.29) is 36.4 Å². The Kier molecular flexibility index (Phi) is 9.21.